The van der Waals surface area contributed by atoms with E-state index in [2.05, 4.69) is 9.97 Å². The van der Waals surface area contributed by atoms with Crippen molar-refractivity contribution < 1.29 is 5.11 Å². The summed E-state index contributed by atoms with van der Waals surface area (Å²) in [5.41, 5.74) is 2.31. The van der Waals surface area contributed by atoms with Gasteiger partial charge in [0, 0.05) is 22.2 Å². The van der Waals surface area contributed by atoms with Crippen LogP contribution in [-0.4, -0.2) is 25.0 Å². The monoisotopic (exact) mass is 434 g/mol. The summed E-state index contributed by atoms with van der Waals surface area (Å²) in [6.07, 6.45) is 1.78. The van der Waals surface area contributed by atoms with Gasteiger partial charge in [0.05, 0.1) is 5.56 Å². The van der Waals surface area contributed by atoms with E-state index in [0.717, 1.165) is 21.0 Å². The van der Waals surface area contributed by atoms with Crippen molar-refractivity contribution in [3.05, 3.63) is 103 Å². The number of aromatic nitrogens is 4. The predicted molar refractivity (Wildman–Crippen MR) is 126 cm³/mol. The van der Waals surface area contributed by atoms with Gasteiger partial charge in [-0.2, -0.15) is 0 Å². The highest BCUT2D eigenvalue weighted by atomic mass is 32.2. The lowest BCUT2D eigenvalue weighted by Crippen LogP contribution is -2.00. The molecule has 2 aromatic heterocycles. The second-order valence-electron chi connectivity index (χ2n) is 6.99. The van der Waals surface area contributed by atoms with Crippen molar-refractivity contribution in [1.29, 1.82) is 0 Å². The normalized spacial score (nSPS) is 10.8. The predicted octanol–water partition coefficient (Wildman–Crippen LogP) is 6.12. The van der Waals surface area contributed by atoms with Crippen molar-refractivity contribution >= 4 is 11.8 Å². The average Bonchev–Trinajstić information content (AvgIpc) is 2.85. The second kappa shape index (κ2) is 8.99. The molecule has 154 valence electrons. The minimum atomic E-state index is 0.128. The lowest BCUT2D eigenvalue weighted by atomic mass is 10.1. The van der Waals surface area contributed by atoms with Gasteiger partial charge in [0.1, 0.15) is 10.8 Å². The first-order valence-electron chi connectivity index (χ1n) is 10.1. The third-order valence-corrected chi connectivity index (χ3v) is 5.71. The molecule has 0 saturated carbocycles. The van der Waals surface area contributed by atoms with Crippen LogP contribution in [0.25, 0.3) is 34.2 Å². The minimum Gasteiger partial charge on any atom is -0.507 e. The van der Waals surface area contributed by atoms with Crippen molar-refractivity contribution in [1.82, 2.24) is 19.9 Å². The van der Waals surface area contributed by atoms with Crippen molar-refractivity contribution in [2.45, 2.75) is 9.92 Å². The second-order valence-corrected chi connectivity index (χ2v) is 8.08. The summed E-state index contributed by atoms with van der Waals surface area (Å²) in [5, 5.41) is 11.3. The maximum Gasteiger partial charge on any atom is 0.167 e. The molecule has 5 rings (SSSR count). The van der Waals surface area contributed by atoms with Gasteiger partial charge in [0.2, 0.25) is 0 Å². The van der Waals surface area contributed by atoms with Crippen LogP contribution >= 0.6 is 11.8 Å². The van der Waals surface area contributed by atoms with Gasteiger partial charge < -0.3 is 5.11 Å². The molecule has 5 aromatic rings. The molecular formula is C26H18N4OS. The van der Waals surface area contributed by atoms with E-state index < -0.39 is 0 Å². The SMILES string of the molecule is Oc1ccccc1-c1nc(-c2ccccc2)nc(-c2cccc(Sc3ccccn3)c2)n1. The van der Waals surface area contributed by atoms with Crippen LogP contribution in [0.4, 0.5) is 0 Å². The first-order chi connectivity index (χ1) is 15.8. The fourth-order valence-electron chi connectivity index (χ4n) is 3.23. The number of para-hydroxylation sites is 1. The van der Waals surface area contributed by atoms with E-state index in [1.807, 2.05) is 78.9 Å². The first kappa shape index (κ1) is 19.9. The first-order valence-corrected chi connectivity index (χ1v) is 10.9. The number of nitrogens with zero attached hydrogens (tertiary/aromatic N) is 4. The molecule has 0 unspecified atom stereocenters. The van der Waals surface area contributed by atoms with Crippen molar-refractivity contribution in [3.63, 3.8) is 0 Å². The van der Waals surface area contributed by atoms with Gasteiger partial charge in [-0.3, -0.25) is 0 Å². The third-order valence-electron chi connectivity index (χ3n) is 4.76. The van der Waals surface area contributed by atoms with Gasteiger partial charge in [0.15, 0.2) is 17.5 Å². The molecule has 0 radical (unpaired) electrons. The Bertz CT molecular complexity index is 1360. The molecule has 1 N–H and O–H groups in total. The quantitative estimate of drug-likeness (QED) is 0.359. The van der Waals surface area contributed by atoms with Crippen LogP contribution in [0.1, 0.15) is 0 Å². The van der Waals surface area contributed by atoms with E-state index in [4.69, 9.17) is 9.97 Å². The highest BCUT2D eigenvalue weighted by molar-refractivity contribution is 7.99. The van der Waals surface area contributed by atoms with Crippen LogP contribution in [0.2, 0.25) is 0 Å². The number of hydrogen-bond donors (Lipinski definition) is 1. The standard InChI is InChI=1S/C26H18N4OS/c31-22-14-5-4-13-21(22)26-29-24(18-9-2-1-3-10-18)28-25(30-26)19-11-8-12-20(17-19)32-23-15-6-7-16-27-23/h1-17,31H. The zero-order valence-corrected chi connectivity index (χ0v) is 17.8. The summed E-state index contributed by atoms with van der Waals surface area (Å²) >= 11 is 1.58. The summed E-state index contributed by atoms with van der Waals surface area (Å²) in [4.78, 5) is 19.5. The van der Waals surface area contributed by atoms with Gasteiger partial charge >= 0.3 is 0 Å². The molecule has 5 nitrogen and oxygen atoms in total. The topological polar surface area (TPSA) is 71.8 Å². The maximum atomic E-state index is 10.4. The summed E-state index contributed by atoms with van der Waals surface area (Å²) in [7, 11) is 0. The lowest BCUT2D eigenvalue weighted by molar-refractivity contribution is 0.477. The van der Waals surface area contributed by atoms with Crippen LogP contribution in [0.15, 0.2) is 113 Å². The zero-order chi connectivity index (χ0) is 21.8. The number of aromatic hydroxyl groups is 1. The number of pyridine rings is 1. The van der Waals surface area contributed by atoms with Crippen molar-refractivity contribution in [2.24, 2.45) is 0 Å². The fraction of sp³-hybridized carbons (Fsp3) is 0. The third kappa shape index (κ3) is 4.36. The van der Waals surface area contributed by atoms with Crippen molar-refractivity contribution in [2.75, 3.05) is 0 Å². The summed E-state index contributed by atoms with van der Waals surface area (Å²) in [5.74, 6) is 1.65. The molecule has 0 bridgehead atoms. The Morgan fingerprint density at radius 3 is 2.06 bits per heavy atom. The Hall–Kier alpha value is -4.03. The molecule has 3 aromatic carbocycles. The van der Waals surface area contributed by atoms with Crippen LogP contribution < -0.4 is 0 Å². The Labute approximate surface area is 189 Å². The molecule has 32 heavy (non-hydrogen) atoms. The van der Waals surface area contributed by atoms with Crippen LogP contribution in [0, 0.1) is 0 Å². The van der Waals surface area contributed by atoms with E-state index in [1.165, 1.54) is 0 Å². The van der Waals surface area contributed by atoms with Crippen LogP contribution in [0.5, 0.6) is 5.75 Å². The Kier molecular flexibility index (Phi) is 5.59. The number of hydrogen-bond acceptors (Lipinski definition) is 6. The van der Waals surface area contributed by atoms with E-state index in [1.54, 1.807) is 36.2 Å². The van der Waals surface area contributed by atoms with E-state index in [9.17, 15) is 5.11 Å². The molecule has 0 aliphatic heterocycles. The molecule has 0 amide bonds. The van der Waals surface area contributed by atoms with E-state index in [-0.39, 0.29) is 5.75 Å². The Morgan fingerprint density at radius 1 is 0.594 bits per heavy atom. The number of phenolic OH excluding ortho intramolecular Hbond substituents is 1. The molecule has 0 saturated heterocycles. The summed E-state index contributed by atoms with van der Waals surface area (Å²) < 4.78 is 0. The van der Waals surface area contributed by atoms with E-state index >= 15 is 0 Å². The maximum absolute atomic E-state index is 10.4. The molecule has 6 heteroatoms. The lowest BCUT2D eigenvalue weighted by Gasteiger charge is -2.10. The van der Waals surface area contributed by atoms with Crippen LogP contribution in [0.3, 0.4) is 0 Å². The molecule has 0 fully saturated rings. The molecule has 2 heterocycles. The molecule has 0 aliphatic rings. The highest BCUT2D eigenvalue weighted by Gasteiger charge is 2.14. The smallest absolute Gasteiger partial charge is 0.167 e. The molecule has 0 spiro atoms. The average molecular weight is 435 g/mol. The molecule has 0 atom stereocenters. The van der Waals surface area contributed by atoms with Gasteiger partial charge in [-0.15, -0.1) is 0 Å². The summed E-state index contributed by atoms with van der Waals surface area (Å²) in [6.45, 7) is 0. The van der Waals surface area contributed by atoms with Gasteiger partial charge in [0.25, 0.3) is 0 Å². The fourth-order valence-corrected chi connectivity index (χ4v) is 4.07. The molecular weight excluding hydrogens is 416 g/mol. The zero-order valence-electron chi connectivity index (χ0n) is 17.0. The number of rotatable bonds is 5. The van der Waals surface area contributed by atoms with Gasteiger partial charge in [-0.05, 0) is 36.4 Å². The van der Waals surface area contributed by atoms with Crippen LogP contribution in [-0.2, 0) is 0 Å². The largest absolute Gasteiger partial charge is 0.507 e. The molecule has 0 aliphatic carbocycles. The van der Waals surface area contributed by atoms with E-state index in [0.29, 0.717) is 23.0 Å². The van der Waals surface area contributed by atoms with Gasteiger partial charge in [-0.25, -0.2) is 19.9 Å². The number of phenols is 1. The van der Waals surface area contributed by atoms with Gasteiger partial charge in [-0.1, -0.05) is 72.4 Å². The minimum absolute atomic E-state index is 0.128. The van der Waals surface area contributed by atoms with Crippen molar-refractivity contribution in [3.8, 4) is 39.9 Å². The number of benzene rings is 3. The highest BCUT2D eigenvalue weighted by Crippen LogP contribution is 2.32. The summed E-state index contributed by atoms with van der Waals surface area (Å²) in [6, 6.07) is 30.7. The Balaban J connectivity index is 1.61. The Morgan fingerprint density at radius 2 is 1.28 bits per heavy atom.